The van der Waals surface area contributed by atoms with Crippen LogP contribution in [0.1, 0.15) is 41.3 Å². The number of fused-ring (bicyclic) bond motifs is 3. The second kappa shape index (κ2) is 7.56. The summed E-state index contributed by atoms with van der Waals surface area (Å²) in [5, 5.41) is 2.71. The molecule has 0 bridgehead atoms. The number of nitrogens with zero attached hydrogens (tertiary/aromatic N) is 1. The highest BCUT2D eigenvalue weighted by molar-refractivity contribution is 6.31. The molecule has 1 atom stereocenters. The fraction of sp³-hybridized carbons (Fsp3) is 0.400. The highest BCUT2D eigenvalue weighted by Crippen LogP contribution is 2.37. The number of hydrogen-bond acceptors (Lipinski definition) is 3. The number of pyridine rings is 1. The molecule has 2 N–H and O–H groups in total. The minimum Gasteiger partial charge on any atom is -0.376 e. The van der Waals surface area contributed by atoms with Gasteiger partial charge in [-0.2, -0.15) is 0 Å². The van der Waals surface area contributed by atoms with Crippen molar-refractivity contribution in [2.24, 2.45) is 0 Å². The molecule has 0 spiro atoms. The second-order valence-corrected chi connectivity index (χ2v) is 7.59. The molecule has 8 heteroatoms. The number of H-pyrrole nitrogens is 1. The zero-order valence-electron chi connectivity index (χ0n) is 15.5. The van der Waals surface area contributed by atoms with E-state index < -0.39 is 5.82 Å². The summed E-state index contributed by atoms with van der Waals surface area (Å²) in [6, 6.07) is 3.57. The molecule has 0 saturated heterocycles. The van der Waals surface area contributed by atoms with E-state index in [-0.39, 0.29) is 22.7 Å². The number of carbonyl (C=O) groups is 1. The fourth-order valence-corrected chi connectivity index (χ4v) is 4.25. The lowest BCUT2D eigenvalue weighted by Gasteiger charge is -2.36. The van der Waals surface area contributed by atoms with Gasteiger partial charge in [-0.15, -0.1) is 0 Å². The number of benzene rings is 1. The molecule has 0 radical (unpaired) electrons. The number of carbonyl (C=O) groups excluding carboxylic acids is 1. The van der Waals surface area contributed by atoms with Gasteiger partial charge in [-0.25, -0.2) is 9.18 Å². The largest absolute Gasteiger partial charge is 0.376 e. The Balaban J connectivity index is 1.64. The maximum atomic E-state index is 13.3. The number of aromatic amines is 1. The van der Waals surface area contributed by atoms with Crippen LogP contribution in [0.15, 0.2) is 23.0 Å². The predicted octanol–water partition coefficient (Wildman–Crippen LogP) is 3.78. The van der Waals surface area contributed by atoms with Crippen LogP contribution in [-0.2, 0) is 24.2 Å². The maximum Gasteiger partial charge on any atom is 0.322 e. The third kappa shape index (κ3) is 3.40. The topological polar surface area (TPSA) is 74.4 Å². The summed E-state index contributed by atoms with van der Waals surface area (Å²) in [6.07, 6.45) is 3.01. The van der Waals surface area contributed by atoms with Crippen molar-refractivity contribution < 1.29 is 13.9 Å². The first-order chi connectivity index (χ1) is 13.5. The Hall–Kier alpha value is -2.38. The molecule has 6 nitrogen and oxygen atoms in total. The first kappa shape index (κ1) is 19.0. The molecule has 148 valence electrons. The molecule has 0 unspecified atom stereocenters. The van der Waals surface area contributed by atoms with Gasteiger partial charge >= 0.3 is 6.03 Å². The fourth-order valence-electron chi connectivity index (χ4n) is 4.07. The predicted molar refractivity (Wildman–Crippen MR) is 104 cm³/mol. The number of ether oxygens (including phenoxy) is 1. The Kier molecular flexibility index (Phi) is 5.12. The van der Waals surface area contributed by atoms with Gasteiger partial charge in [0.15, 0.2) is 0 Å². The van der Waals surface area contributed by atoms with Gasteiger partial charge < -0.3 is 19.9 Å². The van der Waals surface area contributed by atoms with Crippen LogP contribution >= 0.6 is 11.6 Å². The highest BCUT2D eigenvalue weighted by Gasteiger charge is 2.32. The lowest BCUT2D eigenvalue weighted by Crippen LogP contribution is -2.39. The van der Waals surface area contributed by atoms with Crippen molar-refractivity contribution in [2.45, 2.75) is 38.3 Å². The first-order valence-corrected chi connectivity index (χ1v) is 9.67. The Morgan fingerprint density at radius 1 is 1.36 bits per heavy atom. The van der Waals surface area contributed by atoms with Crippen LogP contribution < -0.4 is 10.9 Å². The molecule has 2 heterocycles. The summed E-state index contributed by atoms with van der Waals surface area (Å²) in [4.78, 5) is 29.9. The Bertz CT molecular complexity index is 991. The van der Waals surface area contributed by atoms with Gasteiger partial charge in [0.25, 0.3) is 5.56 Å². The van der Waals surface area contributed by atoms with Gasteiger partial charge in [0.05, 0.1) is 24.3 Å². The van der Waals surface area contributed by atoms with E-state index in [0.29, 0.717) is 25.3 Å². The lowest BCUT2D eigenvalue weighted by atomic mass is 9.84. The standard InChI is InChI=1S/C20H21ClFN3O3/c1-25(20(27)23-11-5-6-15(22)14(21)9-11)17-4-2-3-16-18(17)13-10-28-8-7-12(13)19(26)24-16/h5-6,9,17H,2-4,7-8,10H2,1H3,(H,23,27)(H,24,26)/t17-/m1/s1. The second-order valence-electron chi connectivity index (χ2n) is 7.18. The Labute approximate surface area is 166 Å². The third-order valence-electron chi connectivity index (χ3n) is 5.49. The van der Waals surface area contributed by atoms with E-state index in [1.807, 2.05) is 0 Å². The monoisotopic (exact) mass is 405 g/mol. The van der Waals surface area contributed by atoms with Crippen LogP contribution in [0.3, 0.4) is 0 Å². The van der Waals surface area contributed by atoms with Crippen LogP contribution in [0.2, 0.25) is 5.02 Å². The van der Waals surface area contributed by atoms with Crippen molar-refractivity contribution in [1.29, 1.82) is 0 Å². The zero-order valence-corrected chi connectivity index (χ0v) is 16.2. The van der Waals surface area contributed by atoms with Crippen molar-refractivity contribution in [2.75, 3.05) is 19.0 Å². The molecule has 1 aromatic carbocycles. The van der Waals surface area contributed by atoms with Gasteiger partial charge in [0, 0.05) is 30.4 Å². The third-order valence-corrected chi connectivity index (χ3v) is 5.78. The van der Waals surface area contributed by atoms with Crippen molar-refractivity contribution in [3.05, 3.63) is 61.8 Å². The van der Waals surface area contributed by atoms with E-state index in [2.05, 4.69) is 10.3 Å². The summed E-state index contributed by atoms with van der Waals surface area (Å²) in [6.45, 7) is 0.919. The van der Waals surface area contributed by atoms with Crippen molar-refractivity contribution in [1.82, 2.24) is 9.88 Å². The minimum absolute atomic E-state index is 0.0488. The zero-order chi connectivity index (χ0) is 19.8. The molecule has 0 saturated carbocycles. The number of halogens is 2. The van der Waals surface area contributed by atoms with E-state index in [4.69, 9.17) is 16.3 Å². The van der Waals surface area contributed by atoms with Crippen molar-refractivity contribution in [3.63, 3.8) is 0 Å². The van der Waals surface area contributed by atoms with Gasteiger partial charge in [0.1, 0.15) is 5.82 Å². The molecule has 1 aliphatic heterocycles. The SMILES string of the molecule is CN(C(=O)Nc1ccc(F)c(Cl)c1)[C@@H]1CCCc2[nH]c(=O)c3c(c21)COCC3. The van der Waals surface area contributed by atoms with E-state index in [0.717, 1.165) is 41.6 Å². The Morgan fingerprint density at radius 2 is 2.18 bits per heavy atom. The molecule has 2 aromatic rings. The van der Waals surface area contributed by atoms with Gasteiger partial charge in [0.2, 0.25) is 0 Å². The highest BCUT2D eigenvalue weighted by atomic mass is 35.5. The molecule has 1 aliphatic carbocycles. The number of rotatable bonds is 2. The molecule has 4 rings (SSSR count). The van der Waals surface area contributed by atoms with E-state index >= 15 is 0 Å². The average molecular weight is 406 g/mol. The van der Waals surface area contributed by atoms with E-state index in [9.17, 15) is 14.0 Å². The van der Waals surface area contributed by atoms with E-state index in [1.54, 1.807) is 11.9 Å². The lowest BCUT2D eigenvalue weighted by molar-refractivity contribution is 0.107. The van der Waals surface area contributed by atoms with Crippen LogP contribution in [0.4, 0.5) is 14.9 Å². The maximum absolute atomic E-state index is 13.3. The normalized spacial score (nSPS) is 18.2. The molecular formula is C20H21ClFN3O3. The summed E-state index contributed by atoms with van der Waals surface area (Å²) >= 11 is 5.80. The number of nitrogens with one attached hydrogen (secondary N) is 2. The van der Waals surface area contributed by atoms with Crippen LogP contribution in [0, 0.1) is 5.82 Å². The quantitative estimate of drug-likeness (QED) is 0.798. The number of urea groups is 1. The van der Waals surface area contributed by atoms with Crippen LogP contribution in [-0.4, -0.2) is 29.6 Å². The van der Waals surface area contributed by atoms with Gasteiger partial charge in [-0.3, -0.25) is 4.79 Å². The molecular weight excluding hydrogens is 385 g/mol. The first-order valence-electron chi connectivity index (χ1n) is 9.29. The number of hydrogen-bond donors (Lipinski definition) is 2. The van der Waals surface area contributed by atoms with Crippen molar-refractivity contribution >= 4 is 23.3 Å². The molecule has 2 aliphatic rings. The summed E-state index contributed by atoms with van der Waals surface area (Å²) in [5.41, 5.74) is 3.93. The number of anilines is 1. The minimum atomic E-state index is -0.537. The molecule has 1 aromatic heterocycles. The number of amides is 2. The molecule has 0 fully saturated rings. The smallest absolute Gasteiger partial charge is 0.322 e. The number of aromatic nitrogens is 1. The summed E-state index contributed by atoms with van der Waals surface area (Å²) in [5.74, 6) is -0.537. The average Bonchev–Trinajstić information content (AvgIpc) is 2.70. The Morgan fingerprint density at radius 3 is 2.96 bits per heavy atom. The number of aryl methyl sites for hydroxylation is 1. The van der Waals surface area contributed by atoms with Gasteiger partial charge in [-0.05, 0) is 48.6 Å². The summed E-state index contributed by atoms with van der Waals surface area (Å²) in [7, 11) is 1.72. The van der Waals surface area contributed by atoms with Gasteiger partial charge in [-0.1, -0.05) is 11.6 Å². The van der Waals surface area contributed by atoms with E-state index in [1.165, 1.54) is 18.2 Å². The van der Waals surface area contributed by atoms with Crippen LogP contribution in [0.25, 0.3) is 0 Å². The molecule has 2 amide bonds. The van der Waals surface area contributed by atoms with Crippen LogP contribution in [0.5, 0.6) is 0 Å². The summed E-state index contributed by atoms with van der Waals surface area (Å²) < 4.78 is 19.0. The van der Waals surface area contributed by atoms with Crippen molar-refractivity contribution in [3.8, 4) is 0 Å². The molecule has 28 heavy (non-hydrogen) atoms.